The Morgan fingerprint density at radius 1 is 0.889 bits per heavy atom. The summed E-state index contributed by atoms with van der Waals surface area (Å²) in [6, 6.07) is 0. The molecule has 0 radical (unpaired) electrons. The zero-order valence-corrected chi connectivity index (χ0v) is 16.7. The molecule has 0 bridgehead atoms. The standard InChI is InChI=1S/C23H32O4/c1-20-9-10-22(24-11-12-25-22)15-16(20)3-4-17-18(20)5-7-21(2)19(17)6-8-23(21)26-13-14-27-23/h3,5,17,19H,4,6-15H2,1-2H3/t17-,19+,20+,21+/m1/s1. The molecule has 6 aliphatic rings. The molecule has 6 rings (SSSR count). The van der Waals surface area contributed by atoms with Crippen LogP contribution in [-0.2, 0) is 18.9 Å². The van der Waals surface area contributed by atoms with Crippen LogP contribution in [0.3, 0.4) is 0 Å². The second kappa shape index (κ2) is 5.47. The number of allylic oxidation sites excluding steroid dienone is 3. The molecule has 0 aromatic carbocycles. The van der Waals surface area contributed by atoms with Crippen molar-refractivity contribution in [1.29, 1.82) is 0 Å². The van der Waals surface area contributed by atoms with Gasteiger partial charge in [0.15, 0.2) is 11.6 Å². The third kappa shape index (κ3) is 2.08. The van der Waals surface area contributed by atoms with E-state index in [9.17, 15) is 0 Å². The zero-order valence-electron chi connectivity index (χ0n) is 16.7. The summed E-state index contributed by atoms with van der Waals surface area (Å²) in [4.78, 5) is 0. The van der Waals surface area contributed by atoms with E-state index in [0.717, 1.165) is 65.0 Å². The van der Waals surface area contributed by atoms with E-state index in [0.29, 0.717) is 11.8 Å². The van der Waals surface area contributed by atoms with Gasteiger partial charge in [-0.3, -0.25) is 0 Å². The van der Waals surface area contributed by atoms with Gasteiger partial charge in [-0.15, -0.1) is 0 Å². The summed E-state index contributed by atoms with van der Waals surface area (Å²) in [6.45, 7) is 7.92. The lowest BCUT2D eigenvalue weighted by atomic mass is 9.52. The van der Waals surface area contributed by atoms with E-state index in [1.807, 2.05) is 0 Å². The number of ether oxygens (including phenoxy) is 4. The van der Waals surface area contributed by atoms with E-state index in [-0.39, 0.29) is 22.4 Å². The Labute approximate surface area is 162 Å². The Morgan fingerprint density at radius 3 is 2.41 bits per heavy atom. The molecule has 4 nitrogen and oxygen atoms in total. The van der Waals surface area contributed by atoms with Crippen LogP contribution in [0.5, 0.6) is 0 Å². The van der Waals surface area contributed by atoms with Gasteiger partial charge in [-0.2, -0.15) is 0 Å². The third-order valence-corrected chi connectivity index (χ3v) is 9.10. The molecule has 2 aliphatic heterocycles. The van der Waals surface area contributed by atoms with Crippen LogP contribution in [0, 0.1) is 22.7 Å². The molecule has 2 saturated carbocycles. The quantitative estimate of drug-likeness (QED) is 0.592. The lowest BCUT2D eigenvalue weighted by Gasteiger charge is -2.55. The van der Waals surface area contributed by atoms with Crippen molar-refractivity contribution in [2.24, 2.45) is 22.7 Å². The highest BCUT2D eigenvalue weighted by Gasteiger charge is 2.65. The number of rotatable bonds is 0. The van der Waals surface area contributed by atoms with Crippen molar-refractivity contribution < 1.29 is 18.9 Å². The molecular weight excluding hydrogens is 340 g/mol. The Hall–Kier alpha value is -0.680. The molecule has 4 aliphatic carbocycles. The smallest absolute Gasteiger partial charge is 0.174 e. The molecule has 4 atom stereocenters. The average Bonchev–Trinajstić information content (AvgIpc) is 3.38. The predicted molar refractivity (Wildman–Crippen MR) is 101 cm³/mol. The summed E-state index contributed by atoms with van der Waals surface area (Å²) in [5.41, 5.74) is 3.57. The summed E-state index contributed by atoms with van der Waals surface area (Å²) in [5, 5.41) is 0. The molecular formula is C23H32O4. The maximum atomic E-state index is 6.25. The SMILES string of the molecule is C[C@]12CCC3(CC1=CC[C@@H]1C2=CC[C@@]2(C)[C@H]1CCC21OCCO1)OCCO3. The van der Waals surface area contributed by atoms with Crippen molar-refractivity contribution in [2.45, 2.75) is 70.4 Å². The molecule has 0 N–H and O–H groups in total. The van der Waals surface area contributed by atoms with Gasteiger partial charge in [0.2, 0.25) is 0 Å². The minimum atomic E-state index is -0.329. The van der Waals surface area contributed by atoms with E-state index in [1.165, 1.54) is 6.42 Å². The number of hydrogen-bond donors (Lipinski definition) is 0. The fourth-order valence-corrected chi connectivity index (χ4v) is 7.54. The van der Waals surface area contributed by atoms with Gasteiger partial charge in [-0.05, 0) is 37.5 Å². The highest BCUT2D eigenvalue weighted by atomic mass is 16.7. The largest absolute Gasteiger partial charge is 0.347 e. The Morgan fingerprint density at radius 2 is 1.63 bits per heavy atom. The molecule has 4 heteroatoms. The van der Waals surface area contributed by atoms with Crippen LogP contribution < -0.4 is 0 Å². The number of hydrogen-bond acceptors (Lipinski definition) is 4. The zero-order chi connectivity index (χ0) is 18.3. The van der Waals surface area contributed by atoms with Gasteiger partial charge >= 0.3 is 0 Å². The monoisotopic (exact) mass is 372 g/mol. The molecule has 2 spiro atoms. The predicted octanol–water partition coefficient (Wildman–Crippen LogP) is 4.36. The second-order valence-corrected chi connectivity index (χ2v) is 10.1. The lowest BCUT2D eigenvalue weighted by Crippen LogP contribution is -2.52. The molecule has 0 aromatic heterocycles. The summed E-state index contributed by atoms with van der Waals surface area (Å²) in [5.74, 6) is 0.654. The molecule has 2 heterocycles. The first-order chi connectivity index (χ1) is 13.0. The molecule has 4 fully saturated rings. The second-order valence-electron chi connectivity index (χ2n) is 10.1. The van der Waals surface area contributed by atoms with Crippen LogP contribution >= 0.6 is 0 Å². The molecule has 27 heavy (non-hydrogen) atoms. The van der Waals surface area contributed by atoms with Crippen LogP contribution in [0.1, 0.15) is 58.8 Å². The first-order valence-corrected chi connectivity index (χ1v) is 11.0. The fraction of sp³-hybridized carbons (Fsp3) is 0.826. The highest BCUT2D eigenvalue weighted by Crippen LogP contribution is 2.67. The van der Waals surface area contributed by atoms with Crippen molar-refractivity contribution in [3.8, 4) is 0 Å². The van der Waals surface area contributed by atoms with E-state index in [2.05, 4.69) is 26.0 Å². The van der Waals surface area contributed by atoms with Crippen LogP contribution in [0.15, 0.2) is 23.3 Å². The first kappa shape index (κ1) is 17.2. The van der Waals surface area contributed by atoms with E-state index in [1.54, 1.807) is 11.1 Å². The molecule has 148 valence electrons. The molecule has 0 unspecified atom stereocenters. The third-order valence-electron chi connectivity index (χ3n) is 9.10. The summed E-state index contributed by atoms with van der Waals surface area (Å²) in [6.07, 6.45) is 12.8. The summed E-state index contributed by atoms with van der Waals surface area (Å²) < 4.78 is 24.6. The first-order valence-electron chi connectivity index (χ1n) is 11.0. The normalized spacial score (nSPS) is 46.7. The molecule has 0 aromatic rings. The topological polar surface area (TPSA) is 36.9 Å². The minimum Gasteiger partial charge on any atom is -0.347 e. The van der Waals surface area contributed by atoms with Gasteiger partial charge in [-0.25, -0.2) is 0 Å². The minimum absolute atomic E-state index is 0.118. The Balaban J connectivity index is 1.35. The van der Waals surface area contributed by atoms with Crippen molar-refractivity contribution >= 4 is 0 Å². The van der Waals surface area contributed by atoms with Gasteiger partial charge in [0.25, 0.3) is 0 Å². The van der Waals surface area contributed by atoms with Crippen molar-refractivity contribution in [3.05, 3.63) is 23.3 Å². The van der Waals surface area contributed by atoms with E-state index >= 15 is 0 Å². The summed E-state index contributed by atoms with van der Waals surface area (Å²) in [7, 11) is 0. The van der Waals surface area contributed by atoms with Gasteiger partial charge in [0.1, 0.15) is 0 Å². The van der Waals surface area contributed by atoms with Gasteiger partial charge in [0, 0.05) is 30.1 Å². The maximum absolute atomic E-state index is 6.25. The molecule has 0 amide bonds. The Kier molecular flexibility index (Phi) is 3.49. The molecule has 2 saturated heterocycles. The van der Waals surface area contributed by atoms with Gasteiger partial charge in [0.05, 0.1) is 26.4 Å². The van der Waals surface area contributed by atoms with Crippen LogP contribution in [0.4, 0.5) is 0 Å². The summed E-state index contributed by atoms with van der Waals surface area (Å²) >= 11 is 0. The van der Waals surface area contributed by atoms with Crippen LogP contribution in [0.25, 0.3) is 0 Å². The lowest BCUT2D eigenvalue weighted by molar-refractivity contribution is -0.228. The van der Waals surface area contributed by atoms with Gasteiger partial charge in [-0.1, -0.05) is 37.1 Å². The van der Waals surface area contributed by atoms with E-state index in [4.69, 9.17) is 18.9 Å². The fourth-order valence-electron chi connectivity index (χ4n) is 7.54. The van der Waals surface area contributed by atoms with Crippen molar-refractivity contribution in [3.63, 3.8) is 0 Å². The van der Waals surface area contributed by atoms with Crippen LogP contribution in [0.2, 0.25) is 0 Å². The van der Waals surface area contributed by atoms with Crippen molar-refractivity contribution in [2.75, 3.05) is 26.4 Å². The Bertz CT molecular complexity index is 712. The van der Waals surface area contributed by atoms with Gasteiger partial charge < -0.3 is 18.9 Å². The van der Waals surface area contributed by atoms with E-state index < -0.39 is 0 Å². The van der Waals surface area contributed by atoms with Crippen molar-refractivity contribution in [1.82, 2.24) is 0 Å². The number of fused-ring (bicyclic) bond motifs is 6. The van der Waals surface area contributed by atoms with Crippen LogP contribution in [-0.4, -0.2) is 38.0 Å². The average molecular weight is 373 g/mol. The highest BCUT2D eigenvalue weighted by molar-refractivity contribution is 5.40. The maximum Gasteiger partial charge on any atom is 0.174 e.